The van der Waals surface area contributed by atoms with E-state index in [0.29, 0.717) is 25.2 Å². The summed E-state index contributed by atoms with van der Waals surface area (Å²) in [6, 6.07) is 7.26. The van der Waals surface area contributed by atoms with Gasteiger partial charge in [-0.25, -0.2) is 4.79 Å². The smallest absolute Gasteiger partial charge is 0.337 e. The molecule has 0 aliphatic heterocycles. The van der Waals surface area contributed by atoms with E-state index in [1.54, 1.807) is 32.9 Å². The lowest BCUT2D eigenvalue weighted by Crippen LogP contribution is -2.40. The Balaban J connectivity index is 0.000000481. The highest BCUT2D eigenvalue weighted by molar-refractivity contribution is 5.89. The second-order valence-electron chi connectivity index (χ2n) is 6.70. The molecule has 0 aromatic heterocycles. The number of methoxy groups -OCH3 is 1. The first kappa shape index (κ1) is 24.3. The first-order chi connectivity index (χ1) is 12.1. The number of esters is 1. The molecule has 0 aliphatic carbocycles. The van der Waals surface area contributed by atoms with E-state index in [9.17, 15) is 4.79 Å². The first-order valence-corrected chi connectivity index (χ1v) is 8.69. The van der Waals surface area contributed by atoms with Crippen molar-refractivity contribution in [1.29, 1.82) is 0 Å². The molecule has 150 valence electrons. The van der Waals surface area contributed by atoms with E-state index in [1.165, 1.54) is 7.11 Å². The molecule has 7 heteroatoms. The summed E-state index contributed by atoms with van der Waals surface area (Å²) >= 11 is 0. The molecule has 0 fully saturated rings. The predicted molar refractivity (Wildman–Crippen MR) is 104 cm³/mol. The molecule has 26 heavy (non-hydrogen) atoms. The second kappa shape index (κ2) is 12.6. The van der Waals surface area contributed by atoms with Crippen LogP contribution in [0.1, 0.15) is 31.1 Å². The maximum atomic E-state index is 11.1. The Labute approximate surface area is 156 Å². The quantitative estimate of drug-likeness (QED) is 0.587. The van der Waals surface area contributed by atoms with Crippen LogP contribution in [0.4, 0.5) is 5.69 Å². The Bertz CT molecular complexity index is 477. The Hall–Kier alpha value is -1.67. The third-order valence-electron chi connectivity index (χ3n) is 3.37. The van der Waals surface area contributed by atoms with Gasteiger partial charge in [-0.1, -0.05) is 0 Å². The van der Waals surface area contributed by atoms with Crippen molar-refractivity contribution in [2.24, 2.45) is 0 Å². The van der Waals surface area contributed by atoms with Crippen molar-refractivity contribution in [2.75, 3.05) is 45.7 Å². The summed E-state index contributed by atoms with van der Waals surface area (Å²) in [6.07, 6.45) is -1.30. The van der Waals surface area contributed by atoms with Crippen molar-refractivity contribution < 1.29 is 24.9 Å². The minimum absolute atomic E-state index is 0.301. The van der Waals surface area contributed by atoms with Gasteiger partial charge in [-0.3, -0.25) is 4.90 Å². The summed E-state index contributed by atoms with van der Waals surface area (Å²) in [4.78, 5) is 14.9. The second-order valence-corrected chi connectivity index (χ2v) is 6.70. The van der Waals surface area contributed by atoms with Crippen LogP contribution < -0.4 is 4.90 Å². The summed E-state index contributed by atoms with van der Waals surface area (Å²) < 4.78 is 4.58. The zero-order valence-electron chi connectivity index (χ0n) is 16.7. The van der Waals surface area contributed by atoms with E-state index in [0.717, 1.165) is 5.69 Å². The fourth-order valence-corrected chi connectivity index (χ4v) is 2.36. The minimum Gasteiger partial charge on any atom is -0.465 e. The van der Waals surface area contributed by atoms with Crippen molar-refractivity contribution in [2.45, 2.75) is 39.1 Å². The van der Waals surface area contributed by atoms with Crippen molar-refractivity contribution >= 4 is 11.7 Å². The number of carbonyl (C=O) groups is 1. The van der Waals surface area contributed by atoms with Gasteiger partial charge in [0.1, 0.15) is 0 Å². The fourth-order valence-electron chi connectivity index (χ4n) is 2.36. The molecule has 0 saturated heterocycles. The highest BCUT2D eigenvalue weighted by atomic mass is 16.5. The summed E-state index contributed by atoms with van der Waals surface area (Å²) in [7, 11) is 5.28. The number of nitrogens with zero attached hydrogens (tertiary/aromatic N) is 2. The van der Waals surface area contributed by atoms with E-state index in [2.05, 4.69) is 4.74 Å². The molecule has 0 amide bonds. The van der Waals surface area contributed by atoms with Crippen LogP contribution in [0.15, 0.2) is 24.3 Å². The number of carbonyl (C=O) groups excluding carboxylic acids is 1. The highest BCUT2D eigenvalue weighted by Gasteiger charge is 2.12. The van der Waals surface area contributed by atoms with Gasteiger partial charge >= 0.3 is 5.97 Å². The third kappa shape index (κ3) is 11.0. The van der Waals surface area contributed by atoms with Crippen LogP contribution in [0.3, 0.4) is 0 Å². The molecule has 1 rings (SSSR count). The standard InChI is InChI=1S/C10H13NO2.C9H21NO3/c1-11(2)9-6-4-8(5-7-9)10(12)13-3;1-7(11)4-10(5-8(2)12)6-9(3)13/h4-7H,1-3H3;7-9,11-13H,4-6H2,1-3H3. The van der Waals surface area contributed by atoms with E-state index < -0.39 is 18.3 Å². The molecule has 0 bridgehead atoms. The molecule has 0 spiro atoms. The zero-order valence-corrected chi connectivity index (χ0v) is 16.7. The Morgan fingerprint density at radius 1 is 0.923 bits per heavy atom. The molecule has 7 nitrogen and oxygen atoms in total. The number of rotatable bonds is 8. The Morgan fingerprint density at radius 3 is 1.58 bits per heavy atom. The number of benzene rings is 1. The molecule has 3 unspecified atom stereocenters. The van der Waals surface area contributed by atoms with Crippen LogP contribution in [0, 0.1) is 0 Å². The summed E-state index contributed by atoms with van der Waals surface area (Å²) in [5.41, 5.74) is 1.64. The molecule has 0 heterocycles. The molecule has 3 atom stereocenters. The highest BCUT2D eigenvalue weighted by Crippen LogP contribution is 2.12. The molecule has 3 N–H and O–H groups in total. The molecule has 0 radical (unpaired) electrons. The monoisotopic (exact) mass is 370 g/mol. The van der Waals surface area contributed by atoms with Crippen LogP contribution in [0.5, 0.6) is 0 Å². The molecule has 1 aromatic carbocycles. The number of aliphatic hydroxyl groups excluding tert-OH is 3. The molecular formula is C19H34N2O5. The molecule has 0 saturated carbocycles. The predicted octanol–water partition coefficient (Wildman–Crippen LogP) is 0.970. The van der Waals surface area contributed by atoms with E-state index in [4.69, 9.17) is 15.3 Å². The van der Waals surface area contributed by atoms with E-state index >= 15 is 0 Å². The van der Waals surface area contributed by atoms with Crippen molar-refractivity contribution in [3.63, 3.8) is 0 Å². The summed E-state index contributed by atoms with van der Waals surface area (Å²) in [6.45, 7) is 6.52. The van der Waals surface area contributed by atoms with Gasteiger partial charge in [0, 0.05) is 39.4 Å². The van der Waals surface area contributed by atoms with E-state index in [1.807, 2.05) is 36.0 Å². The van der Waals surface area contributed by atoms with Gasteiger partial charge in [-0.05, 0) is 45.0 Å². The van der Waals surface area contributed by atoms with Gasteiger partial charge in [0.2, 0.25) is 0 Å². The van der Waals surface area contributed by atoms with Gasteiger partial charge in [-0.2, -0.15) is 0 Å². The topological polar surface area (TPSA) is 93.5 Å². The lowest BCUT2D eigenvalue weighted by molar-refractivity contribution is 0.0529. The van der Waals surface area contributed by atoms with Crippen molar-refractivity contribution in [1.82, 2.24) is 4.90 Å². The van der Waals surface area contributed by atoms with Crippen LogP contribution in [0.25, 0.3) is 0 Å². The van der Waals surface area contributed by atoms with Gasteiger partial charge in [0.25, 0.3) is 0 Å². The SMILES string of the molecule is CC(O)CN(CC(C)O)CC(C)O.COC(=O)c1ccc(N(C)C)cc1. The number of anilines is 1. The number of ether oxygens (including phenoxy) is 1. The lowest BCUT2D eigenvalue weighted by atomic mass is 10.2. The molecular weight excluding hydrogens is 336 g/mol. The largest absolute Gasteiger partial charge is 0.465 e. The Kier molecular flexibility index (Phi) is 11.8. The van der Waals surface area contributed by atoms with Crippen LogP contribution in [-0.4, -0.2) is 85.3 Å². The lowest BCUT2D eigenvalue weighted by Gasteiger charge is -2.25. The number of hydrogen-bond donors (Lipinski definition) is 3. The summed E-state index contributed by atoms with van der Waals surface area (Å²) in [5.74, 6) is -0.301. The van der Waals surface area contributed by atoms with Gasteiger partial charge in [-0.15, -0.1) is 0 Å². The normalized spacial score (nSPS) is 14.1. The Morgan fingerprint density at radius 2 is 1.31 bits per heavy atom. The van der Waals surface area contributed by atoms with Gasteiger partial charge in [0.15, 0.2) is 0 Å². The average molecular weight is 370 g/mol. The molecule has 1 aromatic rings. The van der Waals surface area contributed by atoms with Crippen molar-refractivity contribution in [3.05, 3.63) is 29.8 Å². The zero-order chi connectivity index (χ0) is 20.3. The van der Waals surface area contributed by atoms with Crippen LogP contribution in [0.2, 0.25) is 0 Å². The molecule has 0 aliphatic rings. The van der Waals surface area contributed by atoms with Crippen molar-refractivity contribution in [3.8, 4) is 0 Å². The first-order valence-electron chi connectivity index (χ1n) is 8.69. The minimum atomic E-state index is -0.433. The third-order valence-corrected chi connectivity index (χ3v) is 3.37. The van der Waals surface area contributed by atoms with Gasteiger partial charge < -0.3 is 25.0 Å². The summed E-state index contributed by atoms with van der Waals surface area (Å²) in [5, 5.41) is 27.4. The average Bonchev–Trinajstić information content (AvgIpc) is 2.52. The fraction of sp³-hybridized carbons (Fsp3) is 0.632. The van der Waals surface area contributed by atoms with Crippen LogP contribution in [-0.2, 0) is 4.74 Å². The van der Waals surface area contributed by atoms with Gasteiger partial charge in [0.05, 0.1) is 31.0 Å². The maximum Gasteiger partial charge on any atom is 0.337 e. The van der Waals surface area contributed by atoms with Crippen LogP contribution >= 0.6 is 0 Å². The number of hydrogen-bond acceptors (Lipinski definition) is 7. The van der Waals surface area contributed by atoms with E-state index in [-0.39, 0.29) is 5.97 Å². The number of aliphatic hydroxyl groups is 3. The maximum absolute atomic E-state index is 11.1.